The van der Waals surface area contributed by atoms with Crippen LogP contribution in [0.2, 0.25) is 0 Å². The van der Waals surface area contributed by atoms with E-state index in [2.05, 4.69) is 15.6 Å². The molecule has 0 aliphatic carbocycles. The van der Waals surface area contributed by atoms with Crippen molar-refractivity contribution in [2.24, 2.45) is 5.73 Å². The fourth-order valence-electron chi connectivity index (χ4n) is 1.08. The molecule has 0 unspecified atom stereocenters. The number of nitrogens with zero attached hydrogens (tertiary/aromatic N) is 1. The topological polar surface area (TPSA) is 97.1 Å². The average molecular weight is 222 g/mol. The molecular formula is C10H14N4O2. The van der Waals surface area contributed by atoms with Gasteiger partial charge in [-0.15, -0.1) is 0 Å². The van der Waals surface area contributed by atoms with Crippen molar-refractivity contribution in [3.05, 3.63) is 23.9 Å². The van der Waals surface area contributed by atoms with Gasteiger partial charge in [0, 0.05) is 26.2 Å². The van der Waals surface area contributed by atoms with Gasteiger partial charge in [0.1, 0.15) is 5.82 Å². The van der Waals surface area contributed by atoms with Crippen LogP contribution in [0.4, 0.5) is 5.82 Å². The lowest BCUT2D eigenvalue weighted by Crippen LogP contribution is -2.27. The summed E-state index contributed by atoms with van der Waals surface area (Å²) in [5.41, 5.74) is 5.39. The molecule has 1 heterocycles. The van der Waals surface area contributed by atoms with Crippen molar-refractivity contribution in [2.75, 3.05) is 18.9 Å². The first-order valence-electron chi connectivity index (χ1n) is 4.84. The maximum atomic E-state index is 11.5. The molecule has 86 valence electrons. The molecule has 0 fully saturated rings. The Morgan fingerprint density at radius 3 is 2.69 bits per heavy atom. The normalized spacial score (nSPS) is 9.56. The van der Waals surface area contributed by atoms with Crippen LogP contribution < -0.4 is 16.4 Å². The van der Waals surface area contributed by atoms with Crippen LogP contribution >= 0.6 is 0 Å². The van der Waals surface area contributed by atoms with E-state index in [1.54, 1.807) is 19.2 Å². The SMILES string of the molecule is CNc1ccc(C(=O)NCCC(N)=O)cn1. The maximum Gasteiger partial charge on any atom is 0.252 e. The van der Waals surface area contributed by atoms with Gasteiger partial charge in [-0.1, -0.05) is 0 Å². The van der Waals surface area contributed by atoms with E-state index in [0.29, 0.717) is 11.4 Å². The van der Waals surface area contributed by atoms with Gasteiger partial charge in [-0.25, -0.2) is 4.98 Å². The minimum atomic E-state index is -0.441. The predicted molar refractivity (Wildman–Crippen MR) is 59.9 cm³/mol. The highest BCUT2D eigenvalue weighted by Gasteiger charge is 2.05. The number of hydrogen-bond donors (Lipinski definition) is 3. The molecule has 6 heteroatoms. The Morgan fingerprint density at radius 2 is 2.19 bits per heavy atom. The Hall–Kier alpha value is -2.11. The van der Waals surface area contributed by atoms with Crippen molar-refractivity contribution < 1.29 is 9.59 Å². The molecule has 1 aromatic rings. The van der Waals surface area contributed by atoms with E-state index in [1.165, 1.54) is 6.20 Å². The lowest BCUT2D eigenvalue weighted by molar-refractivity contribution is -0.117. The summed E-state index contributed by atoms with van der Waals surface area (Å²) >= 11 is 0. The molecule has 6 nitrogen and oxygen atoms in total. The van der Waals surface area contributed by atoms with Crippen LogP contribution in [0.1, 0.15) is 16.8 Å². The number of carbonyl (C=O) groups excluding carboxylic acids is 2. The molecule has 0 saturated carbocycles. The van der Waals surface area contributed by atoms with Crippen molar-refractivity contribution in [3.8, 4) is 0 Å². The quantitative estimate of drug-likeness (QED) is 0.638. The van der Waals surface area contributed by atoms with Crippen molar-refractivity contribution in [1.29, 1.82) is 0 Å². The van der Waals surface area contributed by atoms with Crippen LogP contribution in [0.15, 0.2) is 18.3 Å². The third-order valence-corrected chi connectivity index (χ3v) is 1.94. The lowest BCUT2D eigenvalue weighted by Gasteiger charge is -2.04. The Kier molecular flexibility index (Phi) is 4.26. The van der Waals surface area contributed by atoms with E-state index in [9.17, 15) is 9.59 Å². The molecule has 0 saturated heterocycles. The van der Waals surface area contributed by atoms with E-state index < -0.39 is 5.91 Å². The summed E-state index contributed by atoms with van der Waals surface area (Å²) in [6, 6.07) is 3.35. The Bertz CT molecular complexity index is 375. The summed E-state index contributed by atoms with van der Waals surface area (Å²) in [4.78, 5) is 26.0. The van der Waals surface area contributed by atoms with Crippen molar-refractivity contribution in [2.45, 2.75) is 6.42 Å². The van der Waals surface area contributed by atoms with Gasteiger partial charge in [0.15, 0.2) is 0 Å². The second-order valence-electron chi connectivity index (χ2n) is 3.15. The average Bonchev–Trinajstić information content (AvgIpc) is 2.28. The lowest BCUT2D eigenvalue weighted by atomic mass is 10.2. The number of amides is 2. The molecule has 0 radical (unpaired) electrons. The zero-order valence-corrected chi connectivity index (χ0v) is 8.99. The van der Waals surface area contributed by atoms with E-state index in [-0.39, 0.29) is 18.9 Å². The van der Waals surface area contributed by atoms with Gasteiger partial charge in [-0.3, -0.25) is 9.59 Å². The number of anilines is 1. The number of nitrogens with two attached hydrogens (primary N) is 1. The van der Waals surface area contributed by atoms with Gasteiger partial charge in [0.25, 0.3) is 5.91 Å². The van der Waals surface area contributed by atoms with Gasteiger partial charge in [-0.2, -0.15) is 0 Å². The highest BCUT2D eigenvalue weighted by molar-refractivity contribution is 5.94. The molecule has 0 aliphatic heterocycles. The molecule has 0 atom stereocenters. The molecule has 0 bridgehead atoms. The van der Waals surface area contributed by atoms with Gasteiger partial charge >= 0.3 is 0 Å². The molecule has 1 rings (SSSR count). The van der Waals surface area contributed by atoms with E-state index in [1.807, 2.05) is 0 Å². The van der Waals surface area contributed by atoms with Crippen LogP contribution in [0.5, 0.6) is 0 Å². The molecule has 16 heavy (non-hydrogen) atoms. The Morgan fingerprint density at radius 1 is 1.44 bits per heavy atom. The number of nitrogens with one attached hydrogen (secondary N) is 2. The molecular weight excluding hydrogens is 208 g/mol. The largest absolute Gasteiger partial charge is 0.373 e. The Labute approximate surface area is 93.2 Å². The van der Waals surface area contributed by atoms with Crippen LogP contribution in [0.25, 0.3) is 0 Å². The number of hydrogen-bond acceptors (Lipinski definition) is 4. The smallest absolute Gasteiger partial charge is 0.252 e. The summed E-state index contributed by atoms with van der Waals surface area (Å²) < 4.78 is 0. The van der Waals surface area contributed by atoms with Gasteiger partial charge in [0.05, 0.1) is 5.56 Å². The fourth-order valence-corrected chi connectivity index (χ4v) is 1.08. The van der Waals surface area contributed by atoms with Gasteiger partial charge < -0.3 is 16.4 Å². The number of rotatable bonds is 5. The summed E-state index contributed by atoms with van der Waals surface area (Å²) in [5.74, 6) is -0.0194. The van der Waals surface area contributed by atoms with Gasteiger partial charge in [-0.05, 0) is 12.1 Å². The number of aromatic nitrogens is 1. The Balaban J connectivity index is 2.49. The summed E-state index contributed by atoms with van der Waals surface area (Å²) in [7, 11) is 1.74. The van der Waals surface area contributed by atoms with Crippen molar-refractivity contribution >= 4 is 17.6 Å². The molecule has 4 N–H and O–H groups in total. The molecule has 2 amide bonds. The number of pyridine rings is 1. The second-order valence-corrected chi connectivity index (χ2v) is 3.15. The molecule has 0 spiro atoms. The molecule has 0 aromatic carbocycles. The van der Waals surface area contributed by atoms with Gasteiger partial charge in [0.2, 0.25) is 5.91 Å². The predicted octanol–water partition coefficient (Wildman–Crippen LogP) is -0.272. The molecule has 1 aromatic heterocycles. The van der Waals surface area contributed by atoms with E-state index in [4.69, 9.17) is 5.73 Å². The maximum absolute atomic E-state index is 11.5. The van der Waals surface area contributed by atoms with Crippen LogP contribution in [-0.4, -0.2) is 30.4 Å². The monoisotopic (exact) mass is 222 g/mol. The third-order valence-electron chi connectivity index (χ3n) is 1.94. The molecule has 0 aliphatic rings. The van der Waals surface area contributed by atoms with Crippen LogP contribution in [0, 0.1) is 0 Å². The zero-order chi connectivity index (χ0) is 12.0. The zero-order valence-electron chi connectivity index (χ0n) is 8.99. The summed E-state index contributed by atoms with van der Waals surface area (Å²) in [5, 5.41) is 5.41. The van der Waals surface area contributed by atoms with Crippen molar-refractivity contribution in [1.82, 2.24) is 10.3 Å². The fraction of sp³-hybridized carbons (Fsp3) is 0.300. The summed E-state index contributed by atoms with van der Waals surface area (Å²) in [6.45, 7) is 0.238. The first kappa shape index (κ1) is 12.0. The highest BCUT2D eigenvalue weighted by atomic mass is 16.2. The van der Waals surface area contributed by atoms with E-state index >= 15 is 0 Å². The minimum absolute atomic E-state index is 0.133. The number of primary amides is 1. The highest BCUT2D eigenvalue weighted by Crippen LogP contribution is 2.03. The first-order valence-corrected chi connectivity index (χ1v) is 4.84. The third kappa shape index (κ3) is 3.56. The first-order chi connectivity index (χ1) is 7.63. The van der Waals surface area contributed by atoms with E-state index in [0.717, 1.165) is 0 Å². The number of carbonyl (C=O) groups is 2. The second kappa shape index (κ2) is 5.69. The van der Waals surface area contributed by atoms with Crippen LogP contribution in [-0.2, 0) is 4.79 Å². The summed E-state index contributed by atoms with van der Waals surface area (Å²) in [6.07, 6.45) is 1.60. The minimum Gasteiger partial charge on any atom is -0.373 e. The van der Waals surface area contributed by atoms with Crippen LogP contribution in [0.3, 0.4) is 0 Å². The standard InChI is InChI=1S/C10H14N4O2/c1-12-9-3-2-7(6-14-9)10(16)13-5-4-8(11)15/h2-3,6H,4-5H2,1H3,(H2,11,15)(H,12,14)(H,13,16). The van der Waals surface area contributed by atoms with Crippen molar-refractivity contribution in [3.63, 3.8) is 0 Å².